The summed E-state index contributed by atoms with van der Waals surface area (Å²) in [6.07, 6.45) is -3.12. The van der Waals surface area contributed by atoms with Gasteiger partial charge in [0.2, 0.25) is 5.91 Å². The van der Waals surface area contributed by atoms with Crippen molar-refractivity contribution in [1.82, 2.24) is 10.4 Å². The van der Waals surface area contributed by atoms with E-state index in [4.69, 9.17) is 14.2 Å². The van der Waals surface area contributed by atoms with E-state index in [9.17, 15) is 22.8 Å². The highest BCUT2D eigenvalue weighted by atomic mass is 127. The summed E-state index contributed by atoms with van der Waals surface area (Å²) >= 11 is 3.18. The molecule has 0 aliphatic heterocycles. The molecule has 0 bridgehead atoms. The van der Waals surface area contributed by atoms with Crippen molar-refractivity contribution in [1.29, 1.82) is 0 Å². The first-order valence-corrected chi connectivity index (χ1v) is 12.9. The second kappa shape index (κ2) is 13.4. The van der Waals surface area contributed by atoms with Crippen molar-refractivity contribution < 1.29 is 37.0 Å². The minimum Gasteiger partial charge on any atom is -0.493 e. The van der Waals surface area contributed by atoms with E-state index in [1.54, 1.807) is 24.4 Å². The van der Waals surface area contributed by atoms with Crippen LogP contribution in [0.5, 0.6) is 11.5 Å². The molecule has 0 saturated carbocycles. The molecule has 0 saturated heterocycles. The molecule has 0 spiro atoms. The van der Waals surface area contributed by atoms with Crippen molar-refractivity contribution >= 4 is 62.8 Å². The van der Waals surface area contributed by atoms with Crippen molar-refractivity contribution in [3.63, 3.8) is 0 Å². The second-order valence-corrected chi connectivity index (χ2v) is 9.47. The molecule has 0 atom stereocenters. The lowest BCUT2D eigenvalue weighted by atomic mass is 10.2. The van der Waals surface area contributed by atoms with Crippen LogP contribution in [0.1, 0.15) is 23.7 Å². The molecule has 38 heavy (non-hydrogen) atoms. The highest BCUT2D eigenvalue weighted by molar-refractivity contribution is 14.1. The van der Waals surface area contributed by atoms with Crippen LogP contribution in [0.4, 0.5) is 24.0 Å². The van der Waals surface area contributed by atoms with Crippen LogP contribution in [-0.2, 0) is 26.9 Å². The van der Waals surface area contributed by atoms with E-state index in [0.29, 0.717) is 31.5 Å². The number of alkyl halides is 3. The van der Waals surface area contributed by atoms with E-state index in [-0.39, 0.29) is 25.3 Å². The number of esters is 1. The Morgan fingerprint density at radius 1 is 1.24 bits per heavy atom. The topological polar surface area (TPSA) is 111 Å². The number of carbonyl (C=O) groups excluding carboxylic acids is 2. The molecule has 14 heteroatoms. The lowest BCUT2D eigenvalue weighted by Crippen LogP contribution is -2.20. The van der Waals surface area contributed by atoms with Crippen LogP contribution < -0.4 is 20.2 Å². The SMILES string of the molecule is CCOC(=O)COc1c(I)cc(/C=N\NC(=O)Cc2csc(Nc3cccc(C(F)(F)F)c3)n2)cc1OC. The third-order valence-corrected chi connectivity index (χ3v) is 6.24. The maximum Gasteiger partial charge on any atom is 0.416 e. The molecule has 2 aromatic carbocycles. The molecule has 1 amide bonds. The molecule has 3 rings (SSSR count). The number of benzene rings is 2. The Morgan fingerprint density at radius 2 is 2.03 bits per heavy atom. The maximum absolute atomic E-state index is 12.9. The molecule has 1 aromatic heterocycles. The minimum atomic E-state index is -4.45. The van der Waals surface area contributed by atoms with Crippen LogP contribution in [0.2, 0.25) is 0 Å². The van der Waals surface area contributed by atoms with Crippen LogP contribution in [0.3, 0.4) is 0 Å². The summed E-state index contributed by atoms with van der Waals surface area (Å²) in [6.45, 7) is 1.68. The Morgan fingerprint density at radius 3 is 2.74 bits per heavy atom. The molecular formula is C24H22F3IN4O5S. The van der Waals surface area contributed by atoms with Crippen molar-refractivity contribution in [2.75, 3.05) is 25.6 Å². The van der Waals surface area contributed by atoms with E-state index >= 15 is 0 Å². The average Bonchev–Trinajstić information content (AvgIpc) is 3.29. The van der Waals surface area contributed by atoms with E-state index in [1.807, 2.05) is 22.6 Å². The van der Waals surface area contributed by atoms with Crippen molar-refractivity contribution in [3.8, 4) is 11.5 Å². The van der Waals surface area contributed by atoms with Crippen molar-refractivity contribution in [2.45, 2.75) is 19.5 Å². The van der Waals surface area contributed by atoms with Gasteiger partial charge in [0.05, 0.1) is 41.2 Å². The molecule has 3 aromatic rings. The van der Waals surface area contributed by atoms with Crippen LogP contribution in [0.25, 0.3) is 0 Å². The molecule has 0 unspecified atom stereocenters. The van der Waals surface area contributed by atoms with E-state index in [0.717, 1.165) is 23.5 Å². The van der Waals surface area contributed by atoms with Gasteiger partial charge in [0.1, 0.15) is 0 Å². The highest BCUT2D eigenvalue weighted by Crippen LogP contribution is 2.34. The van der Waals surface area contributed by atoms with Gasteiger partial charge < -0.3 is 19.5 Å². The number of hydrogen-bond donors (Lipinski definition) is 2. The number of amides is 1. The Balaban J connectivity index is 1.56. The van der Waals surface area contributed by atoms with Crippen LogP contribution >= 0.6 is 33.9 Å². The standard InChI is InChI=1S/C24H22F3IN4O5S/c1-3-36-21(34)12-37-22-18(28)7-14(8-19(22)35-2)11-29-32-20(33)10-17-13-38-23(31-17)30-16-6-4-5-15(9-16)24(25,26)27/h4-9,11,13H,3,10,12H2,1-2H3,(H,30,31)(H,32,33)/b29-11-. The van der Waals surface area contributed by atoms with Gasteiger partial charge >= 0.3 is 12.1 Å². The predicted molar refractivity (Wildman–Crippen MR) is 144 cm³/mol. The first kappa shape index (κ1) is 29.2. The normalized spacial score (nSPS) is 11.3. The number of ether oxygens (including phenoxy) is 3. The van der Waals surface area contributed by atoms with Gasteiger partial charge in [0, 0.05) is 11.1 Å². The summed E-state index contributed by atoms with van der Waals surface area (Å²) < 4.78 is 55.0. The fraction of sp³-hybridized carbons (Fsp3) is 0.250. The number of nitrogens with zero attached hydrogens (tertiary/aromatic N) is 2. The number of rotatable bonds is 11. The number of anilines is 2. The van der Waals surface area contributed by atoms with Crippen molar-refractivity contribution in [2.24, 2.45) is 5.10 Å². The van der Waals surface area contributed by atoms with Gasteiger partial charge in [0.25, 0.3) is 0 Å². The summed E-state index contributed by atoms with van der Waals surface area (Å²) in [6, 6.07) is 8.11. The minimum absolute atomic E-state index is 0.0837. The first-order valence-electron chi connectivity index (χ1n) is 11.0. The number of halogens is 4. The quantitative estimate of drug-likeness (QED) is 0.127. The van der Waals surface area contributed by atoms with Gasteiger partial charge in [-0.05, 0) is 65.4 Å². The largest absolute Gasteiger partial charge is 0.493 e. The summed E-state index contributed by atoms with van der Waals surface area (Å²) in [7, 11) is 1.45. The van der Waals surface area contributed by atoms with Gasteiger partial charge in [-0.2, -0.15) is 18.3 Å². The first-order chi connectivity index (χ1) is 18.1. The number of thiazole rings is 1. The fourth-order valence-corrected chi connectivity index (χ4v) is 4.52. The molecule has 2 N–H and O–H groups in total. The lowest BCUT2D eigenvalue weighted by molar-refractivity contribution is -0.145. The van der Waals surface area contributed by atoms with Crippen LogP contribution in [-0.4, -0.2) is 43.4 Å². The van der Waals surface area contributed by atoms with Gasteiger partial charge in [-0.3, -0.25) is 4.79 Å². The summed E-state index contributed by atoms with van der Waals surface area (Å²) in [4.78, 5) is 28.1. The zero-order chi connectivity index (χ0) is 27.7. The summed E-state index contributed by atoms with van der Waals surface area (Å²) in [5.41, 5.74) is 2.90. The highest BCUT2D eigenvalue weighted by Gasteiger charge is 2.30. The Labute approximate surface area is 233 Å². The summed E-state index contributed by atoms with van der Waals surface area (Å²) in [5, 5.41) is 8.74. The molecular weight excluding hydrogens is 640 g/mol. The van der Waals surface area contributed by atoms with Crippen LogP contribution in [0, 0.1) is 3.57 Å². The number of carbonyl (C=O) groups is 2. The number of methoxy groups -OCH3 is 1. The van der Waals surface area contributed by atoms with E-state index < -0.39 is 23.6 Å². The number of hydrazone groups is 1. The molecule has 202 valence electrons. The van der Waals surface area contributed by atoms with E-state index in [2.05, 4.69) is 20.8 Å². The van der Waals surface area contributed by atoms with Gasteiger partial charge in [-0.1, -0.05) is 6.07 Å². The molecule has 0 radical (unpaired) electrons. The number of nitrogens with one attached hydrogen (secondary N) is 2. The monoisotopic (exact) mass is 662 g/mol. The third kappa shape index (κ3) is 8.58. The van der Waals surface area contributed by atoms with Crippen molar-refractivity contribution in [3.05, 3.63) is 62.2 Å². The molecule has 0 aliphatic carbocycles. The zero-order valence-corrected chi connectivity index (χ0v) is 23.1. The zero-order valence-electron chi connectivity index (χ0n) is 20.1. The van der Waals surface area contributed by atoms with E-state index in [1.165, 1.54) is 25.5 Å². The predicted octanol–water partition coefficient (Wildman–Crippen LogP) is 5.15. The van der Waals surface area contributed by atoms with Gasteiger partial charge in [-0.15, -0.1) is 11.3 Å². The van der Waals surface area contributed by atoms with Gasteiger partial charge in [-0.25, -0.2) is 15.2 Å². The number of aromatic nitrogens is 1. The summed E-state index contributed by atoms with van der Waals surface area (Å²) in [5.74, 6) is -0.191. The number of hydrogen-bond acceptors (Lipinski definition) is 9. The Hall–Kier alpha value is -3.40. The second-order valence-electron chi connectivity index (χ2n) is 7.45. The maximum atomic E-state index is 12.9. The fourth-order valence-electron chi connectivity index (χ4n) is 3.01. The molecule has 0 fully saturated rings. The smallest absolute Gasteiger partial charge is 0.416 e. The lowest BCUT2D eigenvalue weighted by Gasteiger charge is -2.13. The molecule has 1 heterocycles. The Kier molecular flexibility index (Phi) is 10.3. The molecule has 9 nitrogen and oxygen atoms in total. The van der Waals surface area contributed by atoms with Crippen LogP contribution in [0.15, 0.2) is 46.9 Å². The Bertz CT molecular complexity index is 1320. The third-order valence-electron chi connectivity index (χ3n) is 4.63. The van der Waals surface area contributed by atoms with Gasteiger partial charge in [0.15, 0.2) is 23.2 Å². The average molecular weight is 662 g/mol. The molecule has 0 aliphatic rings.